The fraction of sp³-hybridized carbons (Fsp3) is 0.158. The molecule has 0 aliphatic rings. The third-order valence-electron chi connectivity index (χ3n) is 3.73. The zero-order chi connectivity index (χ0) is 20.1. The molecule has 0 radical (unpaired) electrons. The van der Waals surface area contributed by atoms with Gasteiger partial charge in [-0.05, 0) is 49.4 Å². The zero-order valence-corrected chi connectivity index (χ0v) is 16.8. The average Bonchev–Trinajstić information content (AvgIpc) is 3.11. The molecule has 1 heterocycles. The van der Waals surface area contributed by atoms with Gasteiger partial charge in [0.1, 0.15) is 6.33 Å². The first-order chi connectivity index (χ1) is 13.4. The molecule has 0 saturated carbocycles. The van der Waals surface area contributed by atoms with Crippen molar-refractivity contribution in [2.75, 3.05) is 10.6 Å². The molecule has 3 aromatic rings. The van der Waals surface area contributed by atoms with Crippen molar-refractivity contribution in [3.63, 3.8) is 0 Å². The molecular weight excluding hydrogens is 398 g/mol. The van der Waals surface area contributed by atoms with Gasteiger partial charge >= 0.3 is 0 Å². The molecule has 1 atom stereocenters. The van der Waals surface area contributed by atoms with Crippen LogP contribution in [0.3, 0.4) is 0 Å². The summed E-state index contributed by atoms with van der Waals surface area (Å²) < 4.78 is 1.78. The van der Waals surface area contributed by atoms with Crippen LogP contribution in [-0.4, -0.2) is 31.8 Å². The van der Waals surface area contributed by atoms with Gasteiger partial charge in [0.05, 0.1) is 10.9 Å². The summed E-state index contributed by atoms with van der Waals surface area (Å²) in [6.45, 7) is 3.24. The molecule has 3 rings (SSSR count). The van der Waals surface area contributed by atoms with E-state index < -0.39 is 5.25 Å². The number of amides is 2. The number of rotatable bonds is 6. The molecule has 0 unspecified atom stereocenters. The highest BCUT2D eigenvalue weighted by molar-refractivity contribution is 8.00. The molecule has 144 valence electrons. The second kappa shape index (κ2) is 8.90. The minimum Gasteiger partial charge on any atom is -0.326 e. The number of nitrogens with zero attached hydrogens (tertiary/aromatic N) is 3. The quantitative estimate of drug-likeness (QED) is 0.594. The minimum absolute atomic E-state index is 0.148. The Morgan fingerprint density at radius 1 is 1.11 bits per heavy atom. The van der Waals surface area contributed by atoms with E-state index in [4.69, 9.17) is 11.6 Å². The Morgan fingerprint density at radius 3 is 2.43 bits per heavy atom. The molecule has 0 fully saturated rings. The first kappa shape index (κ1) is 19.9. The van der Waals surface area contributed by atoms with Gasteiger partial charge in [-0.1, -0.05) is 29.4 Å². The van der Waals surface area contributed by atoms with Gasteiger partial charge in [0.25, 0.3) is 0 Å². The van der Waals surface area contributed by atoms with E-state index in [2.05, 4.69) is 20.8 Å². The first-order valence-electron chi connectivity index (χ1n) is 8.43. The molecule has 28 heavy (non-hydrogen) atoms. The predicted molar refractivity (Wildman–Crippen MR) is 111 cm³/mol. The van der Waals surface area contributed by atoms with Crippen molar-refractivity contribution in [2.24, 2.45) is 0 Å². The van der Waals surface area contributed by atoms with E-state index >= 15 is 0 Å². The molecule has 1 aromatic heterocycles. The van der Waals surface area contributed by atoms with Crippen LogP contribution < -0.4 is 10.6 Å². The number of thioether (sulfide) groups is 1. The molecule has 2 amide bonds. The van der Waals surface area contributed by atoms with Gasteiger partial charge in [-0.2, -0.15) is 0 Å². The van der Waals surface area contributed by atoms with Crippen LogP contribution in [-0.2, 0) is 9.59 Å². The van der Waals surface area contributed by atoms with Crippen LogP contribution in [0.1, 0.15) is 13.8 Å². The van der Waals surface area contributed by atoms with Crippen LogP contribution in [0.4, 0.5) is 11.4 Å². The van der Waals surface area contributed by atoms with Crippen molar-refractivity contribution < 1.29 is 9.59 Å². The van der Waals surface area contributed by atoms with E-state index in [0.29, 0.717) is 21.6 Å². The summed E-state index contributed by atoms with van der Waals surface area (Å²) in [4.78, 5) is 23.6. The molecule has 0 aliphatic carbocycles. The Balaban J connectivity index is 1.65. The highest BCUT2D eigenvalue weighted by atomic mass is 35.5. The highest BCUT2D eigenvalue weighted by Gasteiger charge is 2.18. The van der Waals surface area contributed by atoms with Crippen molar-refractivity contribution in [3.05, 3.63) is 59.9 Å². The van der Waals surface area contributed by atoms with E-state index in [1.807, 2.05) is 12.1 Å². The van der Waals surface area contributed by atoms with Gasteiger partial charge in [-0.15, -0.1) is 10.2 Å². The van der Waals surface area contributed by atoms with Crippen LogP contribution in [0.5, 0.6) is 0 Å². The molecule has 0 spiro atoms. The lowest BCUT2D eigenvalue weighted by Gasteiger charge is -2.13. The van der Waals surface area contributed by atoms with Crippen LogP contribution in [0.2, 0.25) is 5.02 Å². The van der Waals surface area contributed by atoms with Gasteiger partial charge in [0.2, 0.25) is 11.8 Å². The van der Waals surface area contributed by atoms with Crippen molar-refractivity contribution >= 4 is 46.6 Å². The summed E-state index contributed by atoms with van der Waals surface area (Å²) in [5, 5.41) is 14.4. The maximum Gasteiger partial charge on any atom is 0.237 e. The molecular formula is C19H18ClN5O2S. The van der Waals surface area contributed by atoms with Crippen LogP contribution in [0, 0.1) is 0 Å². The van der Waals surface area contributed by atoms with Crippen LogP contribution >= 0.6 is 23.4 Å². The van der Waals surface area contributed by atoms with Crippen molar-refractivity contribution in [1.82, 2.24) is 14.8 Å². The van der Waals surface area contributed by atoms with Gasteiger partial charge in [-0.25, -0.2) is 0 Å². The Morgan fingerprint density at radius 2 is 1.79 bits per heavy atom. The van der Waals surface area contributed by atoms with E-state index in [9.17, 15) is 9.59 Å². The number of hydrogen-bond donors (Lipinski definition) is 2. The Kier molecular flexibility index (Phi) is 6.33. The average molecular weight is 416 g/mol. The molecule has 9 heteroatoms. The third-order valence-corrected chi connectivity index (χ3v) is 5.02. The molecule has 0 aliphatic heterocycles. The van der Waals surface area contributed by atoms with E-state index in [1.54, 1.807) is 54.2 Å². The largest absolute Gasteiger partial charge is 0.326 e. The maximum atomic E-state index is 12.5. The Hall–Kier alpha value is -2.84. The summed E-state index contributed by atoms with van der Waals surface area (Å²) in [6.07, 6.45) is 1.58. The molecule has 0 bridgehead atoms. The van der Waals surface area contributed by atoms with E-state index in [0.717, 1.165) is 5.69 Å². The monoisotopic (exact) mass is 415 g/mol. The summed E-state index contributed by atoms with van der Waals surface area (Å²) in [6, 6.07) is 14.2. The summed E-state index contributed by atoms with van der Waals surface area (Å²) in [5.41, 5.74) is 2.13. The Bertz CT molecular complexity index is 990. The Labute approximate surface area is 171 Å². The SMILES string of the molecule is CC(=O)Nc1ccc(NC(=O)[C@H](C)Sc2nncn2-c2cccc(Cl)c2)cc1. The molecule has 0 saturated heterocycles. The second-order valence-electron chi connectivity index (χ2n) is 5.97. The van der Waals surface area contributed by atoms with Crippen LogP contribution in [0.15, 0.2) is 60.0 Å². The van der Waals surface area contributed by atoms with Gasteiger partial charge < -0.3 is 10.6 Å². The third kappa shape index (κ3) is 5.11. The number of carbonyl (C=O) groups is 2. The number of hydrogen-bond acceptors (Lipinski definition) is 5. The lowest BCUT2D eigenvalue weighted by molar-refractivity contribution is -0.115. The first-order valence-corrected chi connectivity index (χ1v) is 9.69. The van der Waals surface area contributed by atoms with Crippen molar-refractivity contribution in [2.45, 2.75) is 24.3 Å². The fourth-order valence-corrected chi connectivity index (χ4v) is 3.43. The molecule has 2 aromatic carbocycles. The number of carbonyl (C=O) groups excluding carboxylic acids is 2. The normalized spacial score (nSPS) is 11.7. The minimum atomic E-state index is -0.405. The number of benzene rings is 2. The van der Waals surface area contributed by atoms with Crippen molar-refractivity contribution in [1.29, 1.82) is 0 Å². The summed E-state index contributed by atoms with van der Waals surface area (Å²) in [5.74, 6) is -0.316. The highest BCUT2D eigenvalue weighted by Crippen LogP contribution is 2.26. The lowest BCUT2D eigenvalue weighted by atomic mass is 10.2. The number of nitrogens with one attached hydrogen (secondary N) is 2. The van der Waals surface area contributed by atoms with E-state index in [1.165, 1.54) is 18.7 Å². The number of anilines is 2. The topological polar surface area (TPSA) is 88.9 Å². The lowest BCUT2D eigenvalue weighted by Crippen LogP contribution is -2.22. The summed E-state index contributed by atoms with van der Waals surface area (Å²) >= 11 is 7.34. The van der Waals surface area contributed by atoms with E-state index in [-0.39, 0.29) is 11.8 Å². The fourth-order valence-electron chi connectivity index (χ4n) is 2.40. The summed E-state index contributed by atoms with van der Waals surface area (Å²) in [7, 11) is 0. The standard InChI is InChI=1S/C19H18ClN5O2S/c1-12(18(27)23-16-8-6-15(7-9-16)22-13(2)26)28-19-24-21-11-25(19)17-5-3-4-14(20)10-17/h3-12H,1-2H3,(H,22,26)(H,23,27)/t12-/m0/s1. The van der Waals surface area contributed by atoms with Gasteiger partial charge in [-0.3, -0.25) is 14.2 Å². The maximum absolute atomic E-state index is 12.5. The van der Waals surface area contributed by atoms with Gasteiger partial charge in [0, 0.05) is 23.3 Å². The van der Waals surface area contributed by atoms with Gasteiger partial charge in [0.15, 0.2) is 5.16 Å². The van der Waals surface area contributed by atoms with Crippen molar-refractivity contribution in [3.8, 4) is 5.69 Å². The predicted octanol–water partition coefficient (Wildman–Crippen LogP) is 4.00. The second-order valence-corrected chi connectivity index (χ2v) is 7.72. The number of halogens is 1. The zero-order valence-electron chi connectivity index (χ0n) is 15.2. The smallest absolute Gasteiger partial charge is 0.237 e. The molecule has 7 nitrogen and oxygen atoms in total. The number of aromatic nitrogens is 3. The van der Waals surface area contributed by atoms with Crippen LogP contribution in [0.25, 0.3) is 5.69 Å². The molecule has 2 N–H and O–H groups in total.